The van der Waals surface area contributed by atoms with E-state index in [0.29, 0.717) is 24.3 Å². The predicted molar refractivity (Wildman–Crippen MR) is 131 cm³/mol. The third-order valence-corrected chi connectivity index (χ3v) is 7.51. The summed E-state index contributed by atoms with van der Waals surface area (Å²) in [4.78, 5) is 29.2. The van der Waals surface area contributed by atoms with Crippen LogP contribution in [0.2, 0.25) is 0 Å². The van der Waals surface area contributed by atoms with Gasteiger partial charge in [-0.3, -0.25) is 9.78 Å². The van der Waals surface area contributed by atoms with Gasteiger partial charge in [-0.15, -0.1) is 0 Å². The van der Waals surface area contributed by atoms with Crippen LogP contribution in [-0.4, -0.2) is 45.7 Å². The molecule has 0 spiro atoms. The van der Waals surface area contributed by atoms with Crippen molar-refractivity contribution >= 4 is 27.2 Å². The number of alkyl halides is 3. The van der Waals surface area contributed by atoms with E-state index < -0.39 is 27.5 Å². The van der Waals surface area contributed by atoms with E-state index >= 15 is 0 Å². The second kappa shape index (κ2) is 9.89. The van der Waals surface area contributed by atoms with Crippen molar-refractivity contribution < 1.29 is 26.4 Å². The molecule has 0 aliphatic carbocycles. The Kier molecular flexibility index (Phi) is 6.61. The minimum Gasteiger partial charge on any atom is -0.340 e. The standard InChI is InChI=1S/C25H21F3N6O3S/c26-25(27,28)17-7-8-22(30-12-17)32-20-6-3-4-16-14-34(11-9-19(16)20)23(35)21-13-31-24(33-21)38(36,37)15-18-5-1-2-10-29-18/h1-8,10,12-13H,9,11,14-15H2,(H,30,32)(H,31,33). The number of amides is 1. The van der Waals surface area contributed by atoms with Crippen molar-refractivity contribution in [3.05, 3.63) is 95.2 Å². The first kappa shape index (κ1) is 25.4. The van der Waals surface area contributed by atoms with Crippen LogP contribution in [0.1, 0.15) is 32.9 Å². The molecule has 13 heteroatoms. The third kappa shape index (κ3) is 5.37. The molecule has 0 bridgehead atoms. The van der Waals surface area contributed by atoms with Gasteiger partial charge in [-0.25, -0.2) is 18.4 Å². The van der Waals surface area contributed by atoms with Gasteiger partial charge < -0.3 is 15.2 Å². The van der Waals surface area contributed by atoms with E-state index in [1.165, 1.54) is 18.5 Å². The quantitative estimate of drug-likeness (QED) is 0.376. The molecule has 1 aliphatic rings. The van der Waals surface area contributed by atoms with E-state index in [0.717, 1.165) is 23.4 Å². The van der Waals surface area contributed by atoms with Crippen molar-refractivity contribution in [3.8, 4) is 0 Å². The number of carbonyl (C=O) groups excluding carboxylic acids is 1. The van der Waals surface area contributed by atoms with E-state index in [-0.39, 0.29) is 29.0 Å². The van der Waals surface area contributed by atoms with Gasteiger partial charge in [0, 0.05) is 37.4 Å². The number of halogens is 3. The monoisotopic (exact) mass is 542 g/mol. The SMILES string of the molecule is O=C(c1c[nH]c(S(=O)(=O)Cc2ccccn2)n1)N1CCc2c(cccc2Nc2ccc(C(F)(F)F)cn2)C1. The van der Waals surface area contributed by atoms with E-state index in [2.05, 4.69) is 25.3 Å². The lowest BCUT2D eigenvalue weighted by molar-refractivity contribution is -0.137. The third-order valence-electron chi connectivity index (χ3n) is 6.04. The van der Waals surface area contributed by atoms with Crippen molar-refractivity contribution in [2.24, 2.45) is 0 Å². The van der Waals surface area contributed by atoms with Gasteiger partial charge in [-0.1, -0.05) is 18.2 Å². The fourth-order valence-electron chi connectivity index (χ4n) is 4.15. The first-order valence-electron chi connectivity index (χ1n) is 11.5. The molecule has 0 fully saturated rings. The summed E-state index contributed by atoms with van der Waals surface area (Å²) in [6, 6.07) is 12.6. The molecule has 1 aliphatic heterocycles. The number of anilines is 2. The molecule has 0 radical (unpaired) electrons. The number of carbonyl (C=O) groups is 1. The Bertz CT molecular complexity index is 1570. The highest BCUT2D eigenvalue weighted by Gasteiger charge is 2.31. The molecule has 3 aromatic heterocycles. The van der Waals surface area contributed by atoms with E-state index in [1.54, 1.807) is 35.2 Å². The predicted octanol–water partition coefficient (Wildman–Crippen LogP) is 4.13. The number of fused-ring (bicyclic) bond motifs is 1. The maximum Gasteiger partial charge on any atom is 0.417 e. The molecular weight excluding hydrogens is 521 g/mol. The largest absolute Gasteiger partial charge is 0.417 e. The van der Waals surface area contributed by atoms with Crippen molar-refractivity contribution in [1.29, 1.82) is 0 Å². The van der Waals surface area contributed by atoms with Gasteiger partial charge in [0.1, 0.15) is 17.3 Å². The van der Waals surface area contributed by atoms with Gasteiger partial charge in [0.2, 0.25) is 15.0 Å². The molecule has 0 atom stereocenters. The number of aromatic nitrogens is 4. The maximum atomic E-state index is 13.1. The summed E-state index contributed by atoms with van der Waals surface area (Å²) >= 11 is 0. The molecule has 38 heavy (non-hydrogen) atoms. The lowest BCUT2D eigenvalue weighted by Crippen LogP contribution is -2.36. The highest BCUT2D eigenvalue weighted by molar-refractivity contribution is 7.90. The van der Waals surface area contributed by atoms with Crippen LogP contribution in [0.4, 0.5) is 24.7 Å². The van der Waals surface area contributed by atoms with E-state index in [4.69, 9.17) is 0 Å². The number of imidazole rings is 1. The first-order chi connectivity index (χ1) is 18.1. The average Bonchev–Trinajstić information content (AvgIpc) is 3.40. The number of sulfone groups is 1. The summed E-state index contributed by atoms with van der Waals surface area (Å²) in [5.74, 6) is -0.509. The zero-order valence-corrected chi connectivity index (χ0v) is 20.6. The molecule has 0 saturated heterocycles. The van der Waals surface area contributed by atoms with Crippen molar-refractivity contribution in [2.45, 2.75) is 30.1 Å². The van der Waals surface area contributed by atoms with Gasteiger partial charge in [-0.2, -0.15) is 13.2 Å². The van der Waals surface area contributed by atoms with Crippen molar-refractivity contribution in [2.75, 3.05) is 11.9 Å². The Morgan fingerprint density at radius 3 is 2.63 bits per heavy atom. The summed E-state index contributed by atoms with van der Waals surface area (Å²) < 4.78 is 63.9. The summed E-state index contributed by atoms with van der Waals surface area (Å²) in [6.45, 7) is 0.598. The van der Waals surface area contributed by atoms with Crippen LogP contribution in [0.3, 0.4) is 0 Å². The van der Waals surface area contributed by atoms with Crippen LogP contribution in [0, 0.1) is 0 Å². The maximum absolute atomic E-state index is 13.1. The molecule has 196 valence electrons. The second-order valence-corrected chi connectivity index (χ2v) is 10.6. The Labute approximate surface area is 215 Å². The number of pyridine rings is 2. The first-order valence-corrected chi connectivity index (χ1v) is 13.1. The Hall–Kier alpha value is -4.26. The Morgan fingerprint density at radius 1 is 1.08 bits per heavy atom. The minimum atomic E-state index is -4.47. The Balaban J connectivity index is 1.29. The molecule has 4 heterocycles. The number of nitrogens with one attached hydrogen (secondary N) is 2. The number of rotatable bonds is 6. The molecule has 9 nitrogen and oxygen atoms in total. The zero-order valence-electron chi connectivity index (χ0n) is 19.7. The molecule has 1 aromatic carbocycles. The summed E-state index contributed by atoms with van der Waals surface area (Å²) in [5, 5.41) is 2.75. The number of nitrogens with zero attached hydrogens (tertiary/aromatic N) is 4. The van der Waals surface area contributed by atoms with Crippen molar-refractivity contribution in [1.82, 2.24) is 24.8 Å². The molecule has 0 saturated carbocycles. The molecule has 0 unspecified atom stereocenters. The van der Waals surface area contributed by atoms with Crippen LogP contribution in [0.25, 0.3) is 0 Å². The zero-order chi connectivity index (χ0) is 26.9. The molecule has 5 rings (SSSR count). The normalized spacial score (nSPS) is 13.7. The average molecular weight is 543 g/mol. The fourth-order valence-corrected chi connectivity index (χ4v) is 5.33. The van der Waals surface area contributed by atoms with Gasteiger partial charge in [0.25, 0.3) is 5.91 Å². The number of H-pyrrole nitrogens is 1. The second-order valence-electron chi connectivity index (χ2n) is 8.65. The summed E-state index contributed by atoms with van der Waals surface area (Å²) in [6.07, 6.45) is -0.451. The molecule has 2 N–H and O–H groups in total. The van der Waals surface area contributed by atoms with E-state index in [9.17, 15) is 26.4 Å². The van der Waals surface area contributed by atoms with Crippen molar-refractivity contribution in [3.63, 3.8) is 0 Å². The molecule has 1 amide bonds. The fraction of sp³-hybridized carbons (Fsp3) is 0.200. The summed E-state index contributed by atoms with van der Waals surface area (Å²) in [5.41, 5.74) is 1.96. The van der Waals surface area contributed by atoms with Crippen LogP contribution < -0.4 is 5.32 Å². The highest BCUT2D eigenvalue weighted by Crippen LogP contribution is 2.31. The van der Waals surface area contributed by atoms with Gasteiger partial charge in [-0.05, 0) is 47.9 Å². The molecular formula is C25H21F3N6O3S. The van der Waals surface area contributed by atoms with Gasteiger partial charge in [0.15, 0.2) is 0 Å². The number of hydrogen-bond acceptors (Lipinski definition) is 7. The van der Waals surface area contributed by atoms with Crippen LogP contribution in [0.5, 0.6) is 0 Å². The number of hydrogen-bond donors (Lipinski definition) is 2. The topological polar surface area (TPSA) is 121 Å². The smallest absolute Gasteiger partial charge is 0.340 e. The van der Waals surface area contributed by atoms with Crippen LogP contribution >= 0.6 is 0 Å². The van der Waals surface area contributed by atoms with E-state index in [1.807, 2.05) is 6.07 Å². The highest BCUT2D eigenvalue weighted by atomic mass is 32.2. The van der Waals surface area contributed by atoms with Gasteiger partial charge >= 0.3 is 6.18 Å². The van der Waals surface area contributed by atoms with Gasteiger partial charge in [0.05, 0.1) is 11.3 Å². The Morgan fingerprint density at radius 2 is 1.92 bits per heavy atom. The minimum absolute atomic E-state index is 0.0173. The van der Waals surface area contributed by atoms with Crippen LogP contribution in [-0.2, 0) is 34.7 Å². The van der Waals surface area contributed by atoms with Crippen LogP contribution in [0.15, 0.2) is 72.3 Å². The molecule has 4 aromatic rings. The lowest BCUT2D eigenvalue weighted by Gasteiger charge is -2.29. The summed E-state index contributed by atoms with van der Waals surface area (Å²) in [7, 11) is -3.83. The lowest BCUT2D eigenvalue weighted by atomic mass is 9.97. The number of aromatic amines is 1. The number of benzene rings is 1.